The quantitative estimate of drug-likeness (QED) is 0.151. The summed E-state index contributed by atoms with van der Waals surface area (Å²) in [4.78, 5) is 24.7. The Morgan fingerprint density at radius 2 is 1.97 bits per heavy atom. The van der Waals surface area contributed by atoms with Crippen molar-refractivity contribution in [3.8, 4) is 0 Å². The number of rotatable bonds is 7. The van der Waals surface area contributed by atoms with Crippen LogP contribution in [-0.4, -0.2) is 27.2 Å². The van der Waals surface area contributed by atoms with E-state index in [1.54, 1.807) is 35.2 Å². The van der Waals surface area contributed by atoms with E-state index in [2.05, 4.69) is 31.3 Å². The Balaban J connectivity index is 1.42. The number of hydrogen-bond donors (Lipinski definition) is 1. The van der Waals surface area contributed by atoms with Crippen molar-refractivity contribution in [2.75, 3.05) is 11.1 Å². The first-order valence-corrected chi connectivity index (χ1v) is 14.3. The van der Waals surface area contributed by atoms with Crippen LogP contribution in [0.5, 0.6) is 0 Å². The highest BCUT2D eigenvalue weighted by Crippen LogP contribution is 2.42. The van der Waals surface area contributed by atoms with E-state index >= 15 is 0 Å². The summed E-state index contributed by atoms with van der Waals surface area (Å²) in [6.07, 6.45) is 0.796. The molecule has 3 heterocycles. The maximum atomic E-state index is 12.7. The zero-order valence-corrected chi connectivity index (χ0v) is 22.5. The van der Waals surface area contributed by atoms with Crippen molar-refractivity contribution in [1.82, 2.24) is 9.97 Å². The number of amides is 1. The highest BCUT2D eigenvalue weighted by atomic mass is 35.5. The lowest BCUT2D eigenvalue weighted by Gasteiger charge is -2.30. The minimum Gasteiger partial charge on any atom is -0.370 e. The zero-order valence-electron chi connectivity index (χ0n) is 19.3. The Morgan fingerprint density at radius 1 is 1.14 bits per heavy atom. The van der Waals surface area contributed by atoms with Gasteiger partial charge in [-0.3, -0.25) is 4.79 Å². The molecule has 35 heavy (non-hydrogen) atoms. The first kappa shape index (κ1) is 24.6. The van der Waals surface area contributed by atoms with Crippen molar-refractivity contribution in [1.29, 1.82) is 0 Å². The molecule has 0 unspecified atom stereocenters. The Kier molecular flexibility index (Phi) is 7.37. The third-order valence-corrected chi connectivity index (χ3v) is 8.76. The molecule has 1 amide bonds. The molecule has 4 aromatic rings. The monoisotopic (exact) mass is 541 g/mol. The molecule has 1 aliphatic heterocycles. The lowest BCUT2D eigenvalue weighted by Crippen LogP contribution is -2.31. The van der Waals surface area contributed by atoms with Crippen molar-refractivity contribution in [3.63, 3.8) is 0 Å². The number of benzene rings is 2. The summed E-state index contributed by atoms with van der Waals surface area (Å²) in [6, 6.07) is 17.5. The molecule has 2 aromatic heterocycles. The van der Waals surface area contributed by atoms with Gasteiger partial charge in [-0.25, -0.2) is 9.97 Å². The normalized spacial score (nSPS) is 14.6. The van der Waals surface area contributed by atoms with Gasteiger partial charge < -0.3 is 10.1 Å². The van der Waals surface area contributed by atoms with E-state index < -0.39 is 0 Å². The van der Waals surface area contributed by atoms with Gasteiger partial charge in [0, 0.05) is 33.1 Å². The van der Waals surface area contributed by atoms with Crippen LogP contribution >= 0.6 is 46.5 Å². The van der Waals surface area contributed by atoms with Gasteiger partial charge in [-0.2, -0.15) is 0 Å². The fourth-order valence-electron chi connectivity index (χ4n) is 3.88. The zero-order chi connectivity index (χ0) is 24.4. The summed E-state index contributed by atoms with van der Waals surface area (Å²) < 4.78 is 6.05. The molecule has 0 saturated heterocycles. The van der Waals surface area contributed by atoms with Gasteiger partial charge in [0.15, 0.2) is 5.16 Å². The highest BCUT2D eigenvalue weighted by molar-refractivity contribution is 8.00. The molecule has 0 fully saturated rings. The molecule has 9 heteroatoms. The largest absolute Gasteiger partial charge is 0.370 e. The molecule has 180 valence electrons. The molecule has 5 rings (SSSR count). The Bertz CT molecular complexity index is 1380. The van der Waals surface area contributed by atoms with Gasteiger partial charge in [-0.15, -0.1) is 11.3 Å². The minimum absolute atomic E-state index is 0.102. The summed E-state index contributed by atoms with van der Waals surface area (Å²) >= 11 is 10.8. The average Bonchev–Trinajstić information content (AvgIpc) is 3.18. The van der Waals surface area contributed by atoms with Crippen LogP contribution in [0.1, 0.15) is 29.9 Å². The van der Waals surface area contributed by atoms with E-state index in [0.29, 0.717) is 17.3 Å². The first-order valence-electron chi connectivity index (χ1n) is 11.2. The van der Waals surface area contributed by atoms with Crippen molar-refractivity contribution in [3.05, 3.63) is 75.6 Å². The third kappa shape index (κ3) is 6.01. The number of nitrogens with zero attached hydrogens (tertiary/aromatic N) is 2. The predicted octanol–water partition coefficient (Wildman–Crippen LogP) is 7.22. The van der Waals surface area contributed by atoms with E-state index in [1.165, 1.54) is 27.8 Å². The van der Waals surface area contributed by atoms with Gasteiger partial charge in [0.2, 0.25) is 5.91 Å². The predicted molar refractivity (Wildman–Crippen MR) is 147 cm³/mol. The standard InChI is InChI=1S/C26H24ClN3O2S3/c1-26(2)12-19-20(13-32-26)35-24-22(19)23(29-25(30-24)34-14-16-7-4-3-5-8-16)33-15-21(31)28-18-10-6-9-17(27)11-18/h3-11H,12-15H2,1-2H3,(H,28,31). The van der Waals surface area contributed by atoms with Crippen LogP contribution in [-0.2, 0) is 28.3 Å². The van der Waals surface area contributed by atoms with Crippen LogP contribution in [0, 0.1) is 0 Å². The number of fused-ring (bicyclic) bond motifs is 3. The lowest BCUT2D eigenvalue weighted by molar-refractivity contribution is -0.113. The van der Waals surface area contributed by atoms with E-state index in [9.17, 15) is 4.79 Å². The molecule has 0 radical (unpaired) electrons. The summed E-state index contributed by atoms with van der Waals surface area (Å²) in [5.41, 5.74) is 2.91. The second-order valence-electron chi connectivity index (χ2n) is 8.84. The van der Waals surface area contributed by atoms with Gasteiger partial charge in [-0.1, -0.05) is 71.5 Å². The fraction of sp³-hybridized carbons (Fsp3) is 0.269. The molecule has 1 aliphatic rings. The topological polar surface area (TPSA) is 64.1 Å². The molecule has 0 bridgehead atoms. The van der Waals surface area contributed by atoms with Gasteiger partial charge in [0.25, 0.3) is 0 Å². The van der Waals surface area contributed by atoms with E-state index in [0.717, 1.165) is 32.6 Å². The van der Waals surface area contributed by atoms with E-state index in [4.69, 9.17) is 26.3 Å². The molecule has 0 aliphatic carbocycles. The van der Waals surface area contributed by atoms with Gasteiger partial charge in [0.1, 0.15) is 9.86 Å². The molecule has 2 aromatic carbocycles. The van der Waals surface area contributed by atoms with Gasteiger partial charge in [-0.05, 0) is 43.2 Å². The van der Waals surface area contributed by atoms with E-state index in [-0.39, 0.29) is 17.3 Å². The minimum atomic E-state index is -0.242. The number of ether oxygens (including phenoxy) is 1. The summed E-state index contributed by atoms with van der Waals surface area (Å²) in [5, 5.41) is 6.14. The Morgan fingerprint density at radius 3 is 2.77 bits per heavy atom. The second-order valence-corrected chi connectivity index (χ2v) is 12.3. The number of anilines is 1. The molecule has 0 saturated carbocycles. The number of thioether (sulfide) groups is 2. The van der Waals surface area contributed by atoms with E-state index in [1.807, 2.05) is 30.3 Å². The second kappa shape index (κ2) is 10.5. The molecular weight excluding hydrogens is 518 g/mol. The maximum absolute atomic E-state index is 12.7. The number of thiophene rings is 1. The summed E-state index contributed by atoms with van der Waals surface area (Å²) in [5.74, 6) is 0.925. The third-order valence-electron chi connectivity index (χ3n) is 5.54. The number of halogens is 1. The van der Waals surface area contributed by atoms with Crippen LogP contribution in [0.2, 0.25) is 5.02 Å². The van der Waals surface area contributed by atoms with Crippen LogP contribution < -0.4 is 5.32 Å². The number of carbonyl (C=O) groups is 1. The van der Waals surface area contributed by atoms with Crippen molar-refractivity contribution >= 4 is 68.3 Å². The SMILES string of the molecule is CC1(C)Cc2c(sc3nc(SCc4ccccc4)nc(SCC(=O)Nc4cccc(Cl)c4)c23)CO1. The fourth-order valence-corrected chi connectivity index (χ4v) is 7.01. The van der Waals surface area contributed by atoms with Crippen molar-refractivity contribution in [2.24, 2.45) is 0 Å². The van der Waals surface area contributed by atoms with Crippen LogP contribution in [0.3, 0.4) is 0 Å². The molecule has 1 N–H and O–H groups in total. The van der Waals surface area contributed by atoms with Crippen molar-refractivity contribution < 1.29 is 9.53 Å². The molecule has 5 nitrogen and oxygen atoms in total. The maximum Gasteiger partial charge on any atom is 0.234 e. The highest BCUT2D eigenvalue weighted by Gasteiger charge is 2.31. The van der Waals surface area contributed by atoms with Crippen LogP contribution in [0.4, 0.5) is 5.69 Å². The number of aromatic nitrogens is 2. The Hall–Kier alpha value is -2.10. The number of carbonyl (C=O) groups excluding carboxylic acids is 1. The molecule has 0 spiro atoms. The van der Waals surface area contributed by atoms with Crippen molar-refractivity contribution in [2.45, 2.75) is 48.4 Å². The molecule has 0 atom stereocenters. The Labute approximate surface area is 222 Å². The summed E-state index contributed by atoms with van der Waals surface area (Å²) in [6.45, 7) is 4.79. The van der Waals surface area contributed by atoms with Gasteiger partial charge >= 0.3 is 0 Å². The first-order chi connectivity index (χ1) is 16.9. The smallest absolute Gasteiger partial charge is 0.234 e. The number of hydrogen-bond acceptors (Lipinski definition) is 7. The average molecular weight is 542 g/mol. The molecular formula is C26H24ClN3O2S3. The lowest BCUT2D eigenvalue weighted by atomic mass is 9.95. The summed E-state index contributed by atoms with van der Waals surface area (Å²) in [7, 11) is 0. The van der Waals surface area contributed by atoms with Crippen LogP contribution in [0.15, 0.2) is 64.8 Å². The van der Waals surface area contributed by atoms with Crippen LogP contribution in [0.25, 0.3) is 10.2 Å². The number of nitrogens with one attached hydrogen (secondary N) is 1. The van der Waals surface area contributed by atoms with Gasteiger partial charge in [0.05, 0.1) is 18.0 Å².